The van der Waals surface area contributed by atoms with Crippen LogP contribution in [0, 0.1) is 6.92 Å². The van der Waals surface area contributed by atoms with Gasteiger partial charge in [0.25, 0.3) is 15.9 Å². The van der Waals surface area contributed by atoms with Crippen LogP contribution >= 0.6 is 12.4 Å². The lowest BCUT2D eigenvalue weighted by Gasteiger charge is -2.10. The van der Waals surface area contributed by atoms with E-state index in [0.717, 1.165) is 18.4 Å². The van der Waals surface area contributed by atoms with Gasteiger partial charge in [-0.1, -0.05) is 23.8 Å². The van der Waals surface area contributed by atoms with Crippen molar-refractivity contribution in [1.82, 2.24) is 5.32 Å². The number of carbonyl (C=O) groups is 1. The van der Waals surface area contributed by atoms with Gasteiger partial charge in [0.1, 0.15) is 0 Å². The van der Waals surface area contributed by atoms with E-state index in [1.165, 1.54) is 12.1 Å². The molecule has 0 aromatic heterocycles. The second-order valence-electron chi connectivity index (χ2n) is 5.75. The van der Waals surface area contributed by atoms with E-state index in [1.54, 1.807) is 24.3 Å². The summed E-state index contributed by atoms with van der Waals surface area (Å²) in [6.45, 7) is 3.01. The van der Waals surface area contributed by atoms with Crippen LogP contribution in [0.1, 0.15) is 28.8 Å². The third-order valence-corrected chi connectivity index (χ3v) is 5.01. The van der Waals surface area contributed by atoms with Crippen molar-refractivity contribution in [2.75, 3.05) is 17.8 Å². The average Bonchev–Trinajstić information content (AvgIpc) is 2.60. The summed E-state index contributed by atoms with van der Waals surface area (Å²) in [6.07, 6.45) is 1.62. The lowest BCUT2D eigenvalue weighted by molar-refractivity contribution is 0.0953. The number of rotatable bonds is 8. The van der Waals surface area contributed by atoms with Crippen molar-refractivity contribution < 1.29 is 13.2 Å². The van der Waals surface area contributed by atoms with Crippen LogP contribution in [0.3, 0.4) is 0 Å². The van der Waals surface area contributed by atoms with Crippen molar-refractivity contribution in [3.63, 3.8) is 0 Å². The normalized spacial score (nSPS) is 10.7. The first-order valence-electron chi connectivity index (χ1n) is 8.10. The van der Waals surface area contributed by atoms with Crippen LogP contribution in [0.5, 0.6) is 0 Å². The minimum Gasteiger partial charge on any atom is -0.352 e. The largest absolute Gasteiger partial charge is 0.352 e. The van der Waals surface area contributed by atoms with E-state index < -0.39 is 10.0 Å². The summed E-state index contributed by atoms with van der Waals surface area (Å²) in [5.41, 5.74) is 7.23. The van der Waals surface area contributed by atoms with Crippen molar-refractivity contribution in [2.24, 2.45) is 5.73 Å². The summed E-state index contributed by atoms with van der Waals surface area (Å²) in [7, 11) is -3.76. The summed E-state index contributed by atoms with van der Waals surface area (Å²) in [5.74, 6) is -0.301. The number of nitrogens with two attached hydrogens (primary N) is 1. The van der Waals surface area contributed by atoms with Gasteiger partial charge in [-0.25, -0.2) is 8.42 Å². The Balaban J connectivity index is 0.00000338. The quantitative estimate of drug-likeness (QED) is 0.596. The second-order valence-corrected chi connectivity index (χ2v) is 7.43. The summed E-state index contributed by atoms with van der Waals surface area (Å²) in [6, 6.07) is 13.0. The Morgan fingerprint density at radius 1 is 1.08 bits per heavy atom. The fourth-order valence-corrected chi connectivity index (χ4v) is 3.32. The molecule has 0 spiro atoms. The number of hydrogen-bond acceptors (Lipinski definition) is 4. The van der Waals surface area contributed by atoms with Crippen molar-refractivity contribution in [3.8, 4) is 0 Å². The van der Waals surface area contributed by atoms with Gasteiger partial charge in [0.2, 0.25) is 0 Å². The maximum atomic E-state index is 12.5. The zero-order valence-electron chi connectivity index (χ0n) is 14.6. The molecule has 1 amide bonds. The maximum Gasteiger partial charge on any atom is 0.261 e. The topological polar surface area (TPSA) is 101 Å². The van der Waals surface area contributed by atoms with Crippen LogP contribution in [0.4, 0.5) is 5.69 Å². The van der Waals surface area contributed by atoms with Gasteiger partial charge in [-0.05, 0) is 56.6 Å². The van der Waals surface area contributed by atoms with E-state index >= 15 is 0 Å². The molecule has 0 heterocycles. The van der Waals surface area contributed by atoms with Crippen LogP contribution in [0.15, 0.2) is 53.4 Å². The van der Waals surface area contributed by atoms with Gasteiger partial charge >= 0.3 is 0 Å². The lowest BCUT2D eigenvalue weighted by atomic mass is 10.2. The lowest BCUT2D eigenvalue weighted by Crippen LogP contribution is -2.25. The van der Waals surface area contributed by atoms with E-state index in [1.807, 2.05) is 19.1 Å². The molecule has 2 aromatic rings. The van der Waals surface area contributed by atoms with Crippen molar-refractivity contribution >= 4 is 34.0 Å². The average molecular weight is 398 g/mol. The van der Waals surface area contributed by atoms with Crippen LogP contribution in [0.25, 0.3) is 0 Å². The molecular formula is C18H24ClN3O3S. The molecule has 0 aliphatic carbocycles. The molecule has 6 nitrogen and oxygen atoms in total. The molecule has 8 heteroatoms. The molecule has 4 N–H and O–H groups in total. The first kappa shape index (κ1) is 22.0. The Labute approximate surface area is 160 Å². The molecule has 2 rings (SSSR count). The van der Waals surface area contributed by atoms with Gasteiger partial charge < -0.3 is 11.1 Å². The molecule has 0 aliphatic heterocycles. The number of sulfonamides is 1. The predicted molar refractivity (Wildman–Crippen MR) is 106 cm³/mol. The van der Waals surface area contributed by atoms with E-state index in [9.17, 15) is 13.2 Å². The molecule has 0 bridgehead atoms. The molecule has 0 radical (unpaired) electrons. The first-order valence-corrected chi connectivity index (χ1v) is 9.58. The fraction of sp³-hybridized carbons (Fsp3) is 0.278. The van der Waals surface area contributed by atoms with Crippen LogP contribution in [-0.2, 0) is 10.0 Å². The van der Waals surface area contributed by atoms with Gasteiger partial charge in [0, 0.05) is 17.8 Å². The zero-order chi connectivity index (χ0) is 18.3. The molecule has 0 saturated heterocycles. The van der Waals surface area contributed by atoms with E-state index in [4.69, 9.17) is 5.73 Å². The number of nitrogens with one attached hydrogen (secondary N) is 2. The van der Waals surface area contributed by atoms with Gasteiger partial charge in [0.05, 0.1) is 4.90 Å². The number of benzene rings is 2. The minimum absolute atomic E-state index is 0. The number of amides is 1. The number of carbonyl (C=O) groups excluding carboxylic acids is 1. The Bertz CT molecular complexity index is 824. The Morgan fingerprint density at radius 3 is 2.42 bits per heavy atom. The highest BCUT2D eigenvalue weighted by Gasteiger charge is 2.16. The van der Waals surface area contributed by atoms with Gasteiger partial charge in [-0.2, -0.15) is 0 Å². The highest BCUT2D eigenvalue weighted by molar-refractivity contribution is 7.92. The first-order chi connectivity index (χ1) is 11.9. The maximum absolute atomic E-state index is 12.5. The molecule has 0 unspecified atom stereocenters. The predicted octanol–water partition coefficient (Wildman–Crippen LogP) is 2.69. The van der Waals surface area contributed by atoms with Crippen molar-refractivity contribution in [2.45, 2.75) is 24.7 Å². The number of anilines is 1. The number of unbranched alkanes of at least 4 members (excludes halogenated alkanes) is 1. The Morgan fingerprint density at radius 2 is 1.77 bits per heavy atom. The summed E-state index contributed by atoms with van der Waals surface area (Å²) < 4.78 is 27.5. The van der Waals surface area contributed by atoms with Gasteiger partial charge in [-0.3, -0.25) is 9.52 Å². The van der Waals surface area contributed by atoms with E-state index in [2.05, 4.69) is 10.0 Å². The summed E-state index contributed by atoms with van der Waals surface area (Å²) in [4.78, 5) is 12.2. The Hall–Kier alpha value is -2.09. The van der Waals surface area contributed by atoms with Crippen molar-refractivity contribution in [3.05, 3.63) is 59.7 Å². The molecule has 26 heavy (non-hydrogen) atoms. The summed E-state index contributed by atoms with van der Waals surface area (Å²) in [5, 5.41) is 2.76. The Kier molecular flexibility index (Phi) is 8.57. The third-order valence-electron chi connectivity index (χ3n) is 3.63. The molecule has 0 saturated carbocycles. The standard InChI is InChI=1S/C18H23N3O3S.ClH/c1-14-7-9-16(10-8-14)21-25(23,24)17-6-4-5-15(13-17)18(22)20-12-3-2-11-19;/h4-10,13,21H,2-3,11-12,19H2,1H3,(H,20,22);1H. The molecule has 0 atom stereocenters. The fourth-order valence-electron chi connectivity index (χ4n) is 2.21. The SMILES string of the molecule is Cc1ccc(NS(=O)(=O)c2cccc(C(=O)NCCCCN)c2)cc1.Cl. The highest BCUT2D eigenvalue weighted by atomic mass is 35.5. The van der Waals surface area contributed by atoms with E-state index in [0.29, 0.717) is 24.3 Å². The van der Waals surface area contributed by atoms with Gasteiger partial charge in [-0.15, -0.1) is 12.4 Å². The molecule has 142 valence electrons. The monoisotopic (exact) mass is 397 g/mol. The smallest absolute Gasteiger partial charge is 0.261 e. The summed E-state index contributed by atoms with van der Waals surface area (Å²) >= 11 is 0. The van der Waals surface area contributed by atoms with E-state index in [-0.39, 0.29) is 23.2 Å². The van der Waals surface area contributed by atoms with Crippen LogP contribution in [0.2, 0.25) is 0 Å². The third kappa shape index (κ3) is 6.33. The molecular weight excluding hydrogens is 374 g/mol. The highest BCUT2D eigenvalue weighted by Crippen LogP contribution is 2.17. The molecule has 2 aromatic carbocycles. The van der Waals surface area contributed by atoms with Crippen LogP contribution < -0.4 is 15.8 Å². The van der Waals surface area contributed by atoms with Crippen LogP contribution in [-0.4, -0.2) is 27.4 Å². The number of halogens is 1. The molecule has 0 fully saturated rings. The van der Waals surface area contributed by atoms with Gasteiger partial charge in [0.15, 0.2) is 0 Å². The minimum atomic E-state index is -3.76. The zero-order valence-corrected chi connectivity index (χ0v) is 16.2. The second kappa shape index (κ2) is 10.2. The van der Waals surface area contributed by atoms with Crippen molar-refractivity contribution in [1.29, 1.82) is 0 Å². The number of aryl methyl sites for hydroxylation is 1. The molecule has 0 aliphatic rings. The number of hydrogen-bond donors (Lipinski definition) is 3.